The first-order chi connectivity index (χ1) is 13.2. The quantitative estimate of drug-likeness (QED) is 0.490. The predicted octanol–water partition coefficient (Wildman–Crippen LogP) is 3.03. The van der Waals surface area contributed by atoms with Crippen molar-refractivity contribution in [3.8, 4) is 0 Å². The van der Waals surface area contributed by atoms with Crippen molar-refractivity contribution < 1.29 is 19.7 Å². The van der Waals surface area contributed by atoms with Gasteiger partial charge in [-0.3, -0.25) is 4.79 Å². The van der Waals surface area contributed by atoms with Crippen LogP contribution in [0.4, 0.5) is 5.69 Å². The van der Waals surface area contributed by atoms with E-state index in [1.165, 1.54) is 16.2 Å². The van der Waals surface area contributed by atoms with Crippen LogP contribution in [-0.4, -0.2) is 41.0 Å². The maximum absolute atomic E-state index is 12.7. The molecule has 0 radical (unpaired) electrons. The third kappa shape index (κ3) is 2.55. The van der Waals surface area contributed by atoms with Gasteiger partial charge in [-0.2, -0.15) is 0 Å². The second-order valence-corrected chi connectivity index (χ2v) is 7.11. The summed E-state index contributed by atoms with van der Waals surface area (Å²) in [7, 11) is 0. The van der Waals surface area contributed by atoms with E-state index in [2.05, 4.69) is 35.6 Å². The number of hydrogen-bond acceptors (Lipinski definition) is 4. The van der Waals surface area contributed by atoms with E-state index in [9.17, 15) is 15.0 Å². The number of aliphatic hydroxyl groups is 2. The molecule has 0 bridgehead atoms. The molecule has 5 rings (SSSR count). The molecule has 4 aromatic carbocycles. The number of carbonyl (C=O) groups is 1. The Balaban J connectivity index is 1.57. The summed E-state index contributed by atoms with van der Waals surface area (Å²) in [4.78, 5) is 12.7. The van der Waals surface area contributed by atoms with E-state index in [4.69, 9.17) is 4.74 Å². The minimum atomic E-state index is -0.827. The minimum absolute atomic E-state index is 0.183. The Bertz CT molecular complexity index is 1140. The number of nitrogens with one attached hydrogen (secondary N) is 1. The van der Waals surface area contributed by atoms with E-state index in [0.717, 1.165) is 21.8 Å². The fraction of sp³-hybridized carbons (Fsp3) is 0.227. The Hall–Kier alpha value is -2.73. The Morgan fingerprint density at radius 1 is 1.00 bits per heavy atom. The van der Waals surface area contributed by atoms with Crippen molar-refractivity contribution in [1.29, 1.82) is 0 Å². The molecule has 136 valence electrons. The molecule has 5 heteroatoms. The minimum Gasteiger partial charge on any atom is -0.394 e. The molecule has 5 nitrogen and oxygen atoms in total. The van der Waals surface area contributed by atoms with Crippen molar-refractivity contribution in [3.63, 3.8) is 0 Å². The maximum Gasteiger partial charge on any atom is 0.253 e. The average molecular weight is 361 g/mol. The molecule has 0 aromatic heterocycles. The van der Waals surface area contributed by atoms with Crippen molar-refractivity contribution in [1.82, 2.24) is 0 Å². The number of anilines is 1. The summed E-state index contributed by atoms with van der Waals surface area (Å²) in [6, 6.07) is 18.4. The first-order valence-electron chi connectivity index (χ1n) is 9.07. The van der Waals surface area contributed by atoms with Crippen LogP contribution in [0.15, 0.2) is 54.6 Å². The molecule has 27 heavy (non-hydrogen) atoms. The van der Waals surface area contributed by atoms with Crippen LogP contribution in [0.2, 0.25) is 0 Å². The fourth-order valence-corrected chi connectivity index (χ4v) is 4.12. The van der Waals surface area contributed by atoms with E-state index in [-0.39, 0.29) is 18.9 Å². The number of hydrogen-bond donors (Lipinski definition) is 3. The Morgan fingerprint density at radius 3 is 2.37 bits per heavy atom. The third-order valence-electron chi connectivity index (χ3n) is 5.48. The summed E-state index contributed by atoms with van der Waals surface area (Å²) in [5.41, 5.74) is 0.719. The summed E-state index contributed by atoms with van der Waals surface area (Å²) >= 11 is 0. The topological polar surface area (TPSA) is 78.8 Å². The van der Waals surface area contributed by atoms with Gasteiger partial charge in [0.25, 0.3) is 5.91 Å². The highest BCUT2D eigenvalue weighted by atomic mass is 16.5. The molecule has 0 aliphatic carbocycles. The van der Waals surface area contributed by atoms with E-state index in [1.54, 1.807) is 0 Å². The highest BCUT2D eigenvalue weighted by Crippen LogP contribution is 2.37. The molecule has 1 fully saturated rings. The summed E-state index contributed by atoms with van der Waals surface area (Å²) in [5, 5.41) is 28.8. The number of carbonyl (C=O) groups excluding carboxylic acids is 1. The van der Waals surface area contributed by atoms with Crippen molar-refractivity contribution in [3.05, 3.63) is 54.6 Å². The van der Waals surface area contributed by atoms with Gasteiger partial charge < -0.3 is 20.3 Å². The molecule has 1 saturated heterocycles. The summed E-state index contributed by atoms with van der Waals surface area (Å²) in [5.74, 6) is -0.306. The summed E-state index contributed by atoms with van der Waals surface area (Å²) in [6.07, 6.45) is -2.12. The second kappa shape index (κ2) is 6.16. The molecular formula is C22H19NO4. The molecule has 0 unspecified atom stereocenters. The van der Waals surface area contributed by atoms with Crippen LogP contribution in [0.5, 0.6) is 0 Å². The normalized spacial score (nSPS) is 22.8. The van der Waals surface area contributed by atoms with Gasteiger partial charge in [0.15, 0.2) is 0 Å². The van der Waals surface area contributed by atoms with Gasteiger partial charge in [0, 0.05) is 17.5 Å². The van der Waals surface area contributed by atoms with Crippen LogP contribution >= 0.6 is 0 Å². The van der Waals surface area contributed by atoms with Crippen molar-refractivity contribution in [2.45, 2.75) is 24.7 Å². The molecule has 3 N–H and O–H groups in total. The molecular weight excluding hydrogens is 342 g/mol. The zero-order chi connectivity index (χ0) is 18.5. The Morgan fingerprint density at radius 2 is 1.67 bits per heavy atom. The van der Waals surface area contributed by atoms with Crippen molar-refractivity contribution >= 4 is 43.9 Å². The van der Waals surface area contributed by atoms with Crippen LogP contribution in [-0.2, 0) is 9.53 Å². The first kappa shape index (κ1) is 16.4. The predicted molar refractivity (Wildman–Crippen MR) is 105 cm³/mol. The van der Waals surface area contributed by atoms with Gasteiger partial charge in [0.2, 0.25) is 0 Å². The molecule has 1 aliphatic heterocycles. The lowest BCUT2D eigenvalue weighted by Gasteiger charge is -2.16. The van der Waals surface area contributed by atoms with Crippen LogP contribution in [0.3, 0.4) is 0 Å². The van der Waals surface area contributed by atoms with Crippen LogP contribution < -0.4 is 5.32 Å². The third-order valence-corrected chi connectivity index (χ3v) is 5.48. The smallest absolute Gasteiger partial charge is 0.253 e. The van der Waals surface area contributed by atoms with Gasteiger partial charge in [-0.05, 0) is 33.0 Å². The molecule has 4 aromatic rings. The first-order valence-corrected chi connectivity index (χ1v) is 9.07. The number of aliphatic hydroxyl groups excluding tert-OH is 2. The van der Waals surface area contributed by atoms with Crippen LogP contribution in [0, 0.1) is 0 Å². The standard InChI is InChI=1S/C22H19NO4/c24-11-19-17(25)10-18(27-19)22(26)23-16-9-7-14-5-4-12-2-1-3-13-6-8-15(16)21(14)20(12)13/h1-9,17-19,24-25H,10-11H2,(H,23,26)/t17-,18+,19+/m0/s1. The van der Waals surface area contributed by atoms with E-state index < -0.39 is 18.3 Å². The lowest BCUT2D eigenvalue weighted by Crippen LogP contribution is -2.29. The van der Waals surface area contributed by atoms with Gasteiger partial charge in [-0.15, -0.1) is 0 Å². The van der Waals surface area contributed by atoms with Gasteiger partial charge >= 0.3 is 0 Å². The highest BCUT2D eigenvalue weighted by Gasteiger charge is 2.37. The van der Waals surface area contributed by atoms with Gasteiger partial charge in [0.05, 0.1) is 12.7 Å². The molecule has 1 aliphatic rings. The monoisotopic (exact) mass is 361 g/mol. The summed E-state index contributed by atoms with van der Waals surface area (Å²) < 4.78 is 5.47. The molecule has 0 saturated carbocycles. The SMILES string of the molecule is O=C(Nc1ccc2ccc3cccc4ccc1c2c34)[C@H]1C[C@H](O)[C@@H](CO)O1. The number of ether oxygens (including phenoxy) is 1. The molecule has 3 atom stereocenters. The molecule has 1 heterocycles. The lowest BCUT2D eigenvalue weighted by molar-refractivity contribution is -0.127. The zero-order valence-electron chi connectivity index (χ0n) is 14.6. The Kier molecular flexibility index (Phi) is 3.75. The van der Waals surface area contributed by atoms with E-state index in [1.807, 2.05) is 24.3 Å². The number of benzene rings is 4. The number of rotatable bonds is 3. The number of amides is 1. The Labute approximate surface area is 155 Å². The van der Waals surface area contributed by atoms with E-state index in [0.29, 0.717) is 0 Å². The molecule has 0 spiro atoms. The van der Waals surface area contributed by atoms with Gasteiger partial charge in [-0.1, -0.05) is 48.5 Å². The van der Waals surface area contributed by atoms with Crippen LogP contribution in [0.25, 0.3) is 32.3 Å². The average Bonchev–Trinajstić information content (AvgIpc) is 3.08. The zero-order valence-corrected chi connectivity index (χ0v) is 14.6. The highest BCUT2D eigenvalue weighted by molar-refractivity contribution is 6.25. The summed E-state index contributed by atoms with van der Waals surface area (Å²) in [6.45, 7) is -0.302. The van der Waals surface area contributed by atoms with Crippen LogP contribution in [0.1, 0.15) is 6.42 Å². The fourth-order valence-electron chi connectivity index (χ4n) is 4.12. The lowest BCUT2D eigenvalue weighted by atomic mass is 9.93. The molecule has 1 amide bonds. The van der Waals surface area contributed by atoms with Crippen molar-refractivity contribution in [2.24, 2.45) is 0 Å². The largest absolute Gasteiger partial charge is 0.394 e. The second-order valence-electron chi connectivity index (χ2n) is 7.11. The van der Waals surface area contributed by atoms with Gasteiger partial charge in [-0.25, -0.2) is 0 Å². The van der Waals surface area contributed by atoms with Crippen molar-refractivity contribution in [2.75, 3.05) is 11.9 Å². The maximum atomic E-state index is 12.7. The van der Waals surface area contributed by atoms with E-state index >= 15 is 0 Å². The van der Waals surface area contributed by atoms with Gasteiger partial charge in [0.1, 0.15) is 12.2 Å².